The standard InChI is InChI=1S/C23H21ClN4O2S/c24-17-7-5-16(6-8-17)20-15-31-22(25-20)14-27-9-11-28(12-10-27)23(29)13-19-18-3-1-2-4-21(18)30-26-19/h1-8,15H,9-14H2. The van der Waals surface area contributed by atoms with E-state index in [1.807, 2.05) is 53.4 Å². The summed E-state index contributed by atoms with van der Waals surface area (Å²) in [4.78, 5) is 21.8. The highest BCUT2D eigenvalue weighted by atomic mass is 35.5. The molecular formula is C23H21ClN4O2S. The van der Waals surface area contributed by atoms with Gasteiger partial charge >= 0.3 is 0 Å². The summed E-state index contributed by atoms with van der Waals surface area (Å²) < 4.78 is 5.32. The van der Waals surface area contributed by atoms with Crippen molar-refractivity contribution in [3.8, 4) is 11.3 Å². The number of benzene rings is 2. The van der Waals surface area contributed by atoms with E-state index in [-0.39, 0.29) is 12.3 Å². The van der Waals surface area contributed by atoms with E-state index in [1.165, 1.54) is 0 Å². The second-order valence-electron chi connectivity index (χ2n) is 7.59. The van der Waals surface area contributed by atoms with E-state index in [1.54, 1.807) is 11.3 Å². The van der Waals surface area contributed by atoms with Crippen LogP contribution in [0.2, 0.25) is 5.02 Å². The average Bonchev–Trinajstić information content (AvgIpc) is 3.42. The van der Waals surface area contributed by atoms with Gasteiger partial charge in [0, 0.05) is 47.5 Å². The van der Waals surface area contributed by atoms with Crippen LogP contribution in [0.15, 0.2) is 58.4 Å². The van der Waals surface area contributed by atoms with Crippen LogP contribution in [0.25, 0.3) is 22.2 Å². The number of fused-ring (bicyclic) bond motifs is 1. The van der Waals surface area contributed by atoms with E-state index in [0.717, 1.165) is 51.9 Å². The van der Waals surface area contributed by atoms with Crippen molar-refractivity contribution in [2.24, 2.45) is 0 Å². The third-order valence-corrected chi connectivity index (χ3v) is 6.63. The molecule has 1 amide bonds. The molecule has 6 nitrogen and oxygen atoms in total. The maximum atomic E-state index is 12.8. The molecule has 8 heteroatoms. The lowest BCUT2D eigenvalue weighted by atomic mass is 10.1. The van der Waals surface area contributed by atoms with Crippen molar-refractivity contribution in [1.82, 2.24) is 19.9 Å². The van der Waals surface area contributed by atoms with Gasteiger partial charge in [0.25, 0.3) is 0 Å². The van der Waals surface area contributed by atoms with Crippen molar-refractivity contribution in [1.29, 1.82) is 0 Å². The Morgan fingerprint density at radius 1 is 1.06 bits per heavy atom. The molecule has 0 atom stereocenters. The average molecular weight is 453 g/mol. The molecule has 0 spiro atoms. The molecule has 2 aromatic heterocycles. The molecule has 0 N–H and O–H groups in total. The minimum absolute atomic E-state index is 0.0953. The Balaban J connectivity index is 1.15. The normalized spacial score (nSPS) is 14.9. The molecule has 31 heavy (non-hydrogen) atoms. The zero-order chi connectivity index (χ0) is 21.2. The molecule has 158 valence electrons. The third-order valence-electron chi connectivity index (χ3n) is 5.55. The van der Waals surface area contributed by atoms with Crippen molar-refractivity contribution in [3.05, 3.63) is 69.6 Å². The van der Waals surface area contributed by atoms with Crippen LogP contribution >= 0.6 is 22.9 Å². The molecule has 3 heterocycles. The van der Waals surface area contributed by atoms with Crippen LogP contribution in [-0.4, -0.2) is 52.0 Å². The number of hydrogen-bond donors (Lipinski definition) is 0. The van der Waals surface area contributed by atoms with Crippen molar-refractivity contribution in [3.63, 3.8) is 0 Å². The van der Waals surface area contributed by atoms with Gasteiger partial charge in [0.15, 0.2) is 5.58 Å². The number of nitrogens with zero attached hydrogens (tertiary/aromatic N) is 4. The van der Waals surface area contributed by atoms with Gasteiger partial charge in [-0.05, 0) is 24.3 Å². The fourth-order valence-corrected chi connectivity index (χ4v) is 4.77. The minimum Gasteiger partial charge on any atom is -0.356 e. The van der Waals surface area contributed by atoms with Gasteiger partial charge < -0.3 is 9.42 Å². The van der Waals surface area contributed by atoms with Crippen molar-refractivity contribution in [2.45, 2.75) is 13.0 Å². The molecule has 0 radical (unpaired) electrons. The summed E-state index contributed by atoms with van der Waals surface area (Å²) in [6, 6.07) is 15.4. The van der Waals surface area contributed by atoms with Gasteiger partial charge in [0.1, 0.15) is 10.7 Å². The number of carbonyl (C=O) groups is 1. The monoisotopic (exact) mass is 452 g/mol. The van der Waals surface area contributed by atoms with Crippen LogP contribution in [-0.2, 0) is 17.8 Å². The van der Waals surface area contributed by atoms with Gasteiger partial charge in [0.05, 0.1) is 18.7 Å². The number of para-hydroxylation sites is 1. The number of thiazole rings is 1. The number of rotatable bonds is 5. The summed E-state index contributed by atoms with van der Waals surface area (Å²) >= 11 is 7.64. The number of hydrogen-bond acceptors (Lipinski definition) is 6. The Bertz CT molecular complexity index is 1200. The van der Waals surface area contributed by atoms with E-state index < -0.39 is 0 Å². The lowest BCUT2D eigenvalue weighted by Gasteiger charge is -2.34. The molecule has 4 aromatic rings. The highest BCUT2D eigenvalue weighted by Crippen LogP contribution is 2.24. The molecule has 1 aliphatic heterocycles. The van der Waals surface area contributed by atoms with Gasteiger partial charge in [-0.3, -0.25) is 9.69 Å². The van der Waals surface area contributed by atoms with Gasteiger partial charge in [-0.25, -0.2) is 4.98 Å². The molecular weight excluding hydrogens is 432 g/mol. The van der Waals surface area contributed by atoms with Crippen molar-refractivity contribution < 1.29 is 9.32 Å². The first kappa shape index (κ1) is 20.2. The highest BCUT2D eigenvalue weighted by Gasteiger charge is 2.23. The summed E-state index contributed by atoms with van der Waals surface area (Å²) in [7, 11) is 0. The zero-order valence-electron chi connectivity index (χ0n) is 16.8. The minimum atomic E-state index is 0.0953. The molecule has 0 unspecified atom stereocenters. The smallest absolute Gasteiger partial charge is 0.228 e. The van der Waals surface area contributed by atoms with Gasteiger partial charge in [0.2, 0.25) is 5.91 Å². The maximum absolute atomic E-state index is 12.8. The number of aromatic nitrogens is 2. The fraction of sp³-hybridized carbons (Fsp3) is 0.261. The summed E-state index contributed by atoms with van der Waals surface area (Å²) in [6.07, 6.45) is 0.272. The second kappa shape index (κ2) is 8.78. The second-order valence-corrected chi connectivity index (χ2v) is 8.97. The van der Waals surface area contributed by atoms with E-state index in [9.17, 15) is 4.79 Å². The van der Waals surface area contributed by atoms with Crippen LogP contribution in [0.4, 0.5) is 0 Å². The van der Waals surface area contributed by atoms with Crippen LogP contribution in [0, 0.1) is 0 Å². The number of amides is 1. The predicted octanol–water partition coefficient (Wildman–Crippen LogP) is 4.49. The Morgan fingerprint density at radius 3 is 2.65 bits per heavy atom. The first-order valence-electron chi connectivity index (χ1n) is 10.2. The van der Waals surface area contributed by atoms with Gasteiger partial charge in [-0.15, -0.1) is 11.3 Å². The summed E-state index contributed by atoms with van der Waals surface area (Å²) in [5, 5.41) is 8.89. The third kappa shape index (κ3) is 4.49. The quantitative estimate of drug-likeness (QED) is 0.446. The summed E-state index contributed by atoms with van der Waals surface area (Å²) in [5.41, 5.74) is 3.48. The lowest BCUT2D eigenvalue weighted by Crippen LogP contribution is -2.48. The summed E-state index contributed by atoms with van der Waals surface area (Å²) in [6.45, 7) is 3.89. The van der Waals surface area contributed by atoms with E-state index >= 15 is 0 Å². The SMILES string of the molecule is O=C(Cc1noc2ccccc12)N1CCN(Cc2nc(-c3ccc(Cl)cc3)cs2)CC1. The largest absolute Gasteiger partial charge is 0.356 e. The van der Waals surface area contributed by atoms with E-state index in [0.29, 0.717) is 18.8 Å². The Hall–Kier alpha value is -2.74. The lowest BCUT2D eigenvalue weighted by molar-refractivity contribution is -0.132. The number of piperazine rings is 1. The molecule has 1 saturated heterocycles. The first-order chi connectivity index (χ1) is 15.2. The summed E-state index contributed by atoms with van der Waals surface area (Å²) in [5.74, 6) is 0.0953. The van der Waals surface area contributed by atoms with Gasteiger partial charge in [-0.1, -0.05) is 41.0 Å². The van der Waals surface area contributed by atoms with E-state index in [4.69, 9.17) is 21.1 Å². The number of halogens is 1. The number of carbonyl (C=O) groups excluding carboxylic acids is 1. The maximum Gasteiger partial charge on any atom is 0.228 e. The first-order valence-corrected chi connectivity index (χ1v) is 11.5. The zero-order valence-corrected chi connectivity index (χ0v) is 18.4. The molecule has 0 aliphatic carbocycles. The highest BCUT2D eigenvalue weighted by molar-refractivity contribution is 7.09. The van der Waals surface area contributed by atoms with Crippen LogP contribution < -0.4 is 0 Å². The Kier molecular flexibility index (Phi) is 5.72. The van der Waals surface area contributed by atoms with Crippen LogP contribution in [0.5, 0.6) is 0 Å². The van der Waals surface area contributed by atoms with Crippen LogP contribution in [0.3, 0.4) is 0 Å². The molecule has 0 saturated carbocycles. The molecule has 2 aromatic carbocycles. The Labute approximate surface area is 189 Å². The fourth-order valence-electron chi connectivity index (χ4n) is 3.80. The molecule has 1 fully saturated rings. The Morgan fingerprint density at radius 2 is 1.84 bits per heavy atom. The topological polar surface area (TPSA) is 62.5 Å². The molecule has 5 rings (SSSR count). The molecule has 0 bridgehead atoms. The van der Waals surface area contributed by atoms with Crippen molar-refractivity contribution >= 4 is 39.8 Å². The van der Waals surface area contributed by atoms with E-state index in [2.05, 4.69) is 15.4 Å². The van der Waals surface area contributed by atoms with Gasteiger partial charge in [-0.2, -0.15) is 0 Å². The van der Waals surface area contributed by atoms with Crippen LogP contribution in [0.1, 0.15) is 10.7 Å². The predicted molar refractivity (Wildman–Crippen MR) is 122 cm³/mol. The molecule has 1 aliphatic rings. The van der Waals surface area contributed by atoms with Crippen molar-refractivity contribution in [2.75, 3.05) is 26.2 Å².